The van der Waals surface area contributed by atoms with E-state index in [1.54, 1.807) is 0 Å². The minimum absolute atomic E-state index is 0.210. The molecule has 1 N–H and O–H groups in total. The summed E-state index contributed by atoms with van der Waals surface area (Å²) in [6, 6.07) is 1.87. The number of alkyl halides is 2. The first kappa shape index (κ1) is 11.8. The Labute approximate surface area is 104 Å². The molecular weight excluding hydrogens is 238 g/mol. The average molecular weight is 254 g/mol. The van der Waals surface area contributed by atoms with Crippen molar-refractivity contribution in [2.45, 2.75) is 25.3 Å². The van der Waals surface area contributed by atoms with Crippen LogP contribution in [-0.2, 0) is 5.92 Å². The van der Waals surface area contributed by atoms with Crippen LogP contribution in [-0.4, -0.2) is 35.6 Å². The van der Waals surface area contributed by atoms with Gasteiger partial charge >= 0.3 is 0 Å². The van der Waals surface area contributed by atoms with Crippen molar-refractivity contribution in [2.24, 2.45) is 5.92 Å². The summed E-state index contributed by atoms with van der Waals surface area (Å²) in [5.74, 6) is -1.70. The molecule has 18 heavy (non-hydrogen) atoms. The van der Waals surface area contributed by atoms with E-state index in [1.165, 1.54) is 18.8 Å². The van der Waals surface area contributed by atoms with Gasteiger partial charge in [-0.3, -0.25) is 0 Å². The van der Waals surface area contributed by atoms with Crippen LogP contribution in [0.5, 0.6) is 0 Å². The van der Waals surface area contributed by atoms with E-state index in [-0.39, 0.29) is 5.69 Å². The largest absolute Gasteiger partial charge is 0.355 e. The van der Waals surface area contributed by atoms with Crippen molar-refractivity contribution in [3.05, 3.63) is 18.1 Å². The maximum Gasteiger partial charge on any atom is 0.287 e. The molecule has 3 rings (SSSR count). The Morgan fingerprint density at radius 2 is 2.22 bits per heavy atom. The highest BCUT2D eigenvalue weighted by Crippen LogP contribution is 2.29. The van der Waals surface area contributed by atoms with Gasteiger partial charge in [-0.1, -0.05) is 0 Å². The lowest BCUT2D eigenvalue weighted by atomic mass is 10.00. The monoisotopic (exact) mass is 254 g/mol. The van der Waals surface area contributed by atoms with Gasteiger partial charge in [0.25, 0.3) is 5.92 Å². The third-order valence-electron chi connectivity index (χ3n) is 3.66. The van der Waals surface area contributed by atoms with E-state index in [0.717, 1.165) is 26.6 Å². The van der Waals surface area contributed by atoms with Gasteiger partial charge in [0.05, 0.1) is 0 Å². The fraction of sp³-hybridized carbons (Fsp3) is 0.667. The van der Waals surface area contributed by atoms with Crippen LogP contribution in [0.3, 0.4) is 0 Å². The van der Waals surface area contributed by atoms with Gasteiger partial charge in [0.1, 0.15) is 17.8 Å². The van der Waals surface area contributed by atoms with E-state index in [4.69, 9.17) is 0 Å². The Balaban J connectivity index is 1.84. The first-order valence-corrected chi connectivity index (χ1v) is 6.21. The highest BCUT2D eigenvalue weighted by molar-refractivity contribution is 5.41. The molecule has 0 aliphatic carbocycles. The molecule has 0 radical (unpaired) electrons. The highest BCUT2D eigenvalue weighted by Gasteiger charge is 2.34. The standard InChI is InChI=1S/C12H16F2N4/c1-12(13,14)10-3-11(17-7-16-10)18-5-8-2-9(6-18)15-4-8/h3,7-9,15H,2,4-6H2,1H3. The second kappa shape index (κ2) is 4.12. The second-order valence-corrected chi connectivity index (χ2v) is 5.26. The molecule has 1 aromatic heterocycles. The second-order valence-electron chi connectivity index (χ2n) is 5.26. The Hall–Kier alpha value is -1.30. The van der Waals surface area contributed by atoms with E-state index in [1.807, 2.05) is 0 Å². The van der Waals surface area contributed by atoms with Crippen molar-refractivity contribution in [1.82, 2.24) is 15.3 Å². The molecule has 2 fully saturated rings. The molecule has 4 nitrogen and oxygen atoms in total. The Morgan fingerprint density at radius 1 is 1.39 bits per heavy atom. The summed E-state index contributed by atoms with van der Waals surface area (Å²) in [7, 11) is 0. The lowest BCUT2D eigenvalue weighted by Gasteiger charge is -2.32. The van der Waals surface area contributed by atoms with Crippen LogP contribution < -0.4 is 10.2 Å². The van der Waals surface area contributed by atoms with Crippen LogP contribution in [0.4, 0.5) is 14.6 Å². The van der Waals surface area contributed by atoms with Gasteiger partial charge in [0.2, 0.25) is 0 Å². The van der Waals surface area contributed by atoms with Gasteiger partial charge in [-0.05, 0) is 12.3 Å². The molecule has 0 spiro atoms. The minimum atomic E-state index is -2.91. The molecule has 0 amide bonds. The van der Waals surface area contributed by atoms with Gasteiger partial charge < -0.3 is 10.2 Å². The van der Waals surface area contributed by atoms with Crippen LogP contribution in [0.15, 0.2) is 12.4 Å². The summed E-state index contributed by atoms with van der Waals surface area (Å²) in [4.78, 5) is 9.86. The van der Waals surface area contributed by atoms with Crippen LogP contribution in [0.2, 0.25) is 0 Å². The lowest BCUT2D eigenvalue weighted by molar-refractivity contribution is 0.0126. The topological polar surface area (TPSA) is 41.0 Å². The molecule has 2 aliphatic heterocycles. The highest BCUT2D eigenvalue weighted by atomic mass is 19.3. The molecule has 0 aromatic carbocycles. The predicted molar refractivity (Wildman–Crippen MR) is 63.7 cm³/mol. The van der Waals surface area contributed by atoms with Gasteiger partial charge in [-0.2, -0.15) is 8.78 Å². The number of piperidine rings is 1. The number of aromatic nitrogens is 2. The first-order valence-electron chi connectivity index (χ1n) is 6.21. The Bertz CT molecular complexity index is 434. The van der Waals surface area contributed by atoms with Crippen LogP contribution in [0, 0.1) is 5.92 Å². The van der Waals surface area contributed by atoms with Crippen molar-refractivity contribution < 1.29 is 8.78 Å². The quantitative estimate of drug-likeness (QED) is 0.866. The maximum atomic E-state index is 13.2. The van der Waals surface area contributed by atoms with Crippen LogP contribution >= 0.6 is 0 Å². The SMILES string of the molecule is CC(F)(F)c1cc(N2CC3CNC(C3)C2)ncn1. The third kappa shape index (κ3) is 2.16. The Morgan fingerprint density at radius 3 is 2.94 bits per heavy atom. The summed E-state index contributed by atoms with van der Waals surface area (Å²) < 4.78 is 26.5. The molecule has 0 saturated carbocycles. The molecule has 6 heteroatoms. The van der Waals surface area contributed by atoms with Gasteiger partial charge in [-0.15, -0.1) is 0 Å². The zero-order valence-electron chi connectivity index (χ0n) is 10.2. The van der Waals surface area contributed by atoms with Crippen molar-refractivity contribution in [1.29, 1.82) is 0 Å². The molecule has 2 atom stereocenters. The van der Waals surface area contributed by atoms with Crippen molar-refractivity contribution in [3.8, 4) is 0 Å². The molecule has 2 aliphatic rings. The van der Waals surface area contributed by atoms with Crippen molar-refractivity contribution >= 4 is 5.82 Å². The van der Waals surface area contributed by atoms with Gasteiger partial charge in [-0.25, -0.2) is 9.97 Å². The van der Waals surface area contributed by atoms with Gasteiger partial charge in [0.15, 0.2) is 0 Å². The maximum absolute atomic E-state index is 13.2. The number of rotatable bonds is 2. The van der Waals surface area contributed by atoms with E-state index in [0.29, 0.717) is 17.8 Å². The van der Waals surface area contributed by atoms with Crippen molar-refractivity contribution in [3.63, 3.8) is 0 Å². The third-order valence-corrected chi connectivity index (χ3v) is 3.66. The van der Waals surface area contributed by atoms with Crippen LogP contribution in [0.1, 0.15) is 19.0 Å². The van der Waals surface area contributed by atoms with E-state index in [2.05, 4.69) is 20.2 Å². The molecular formula is C12H16F2N4. The number of hydrogen-bond acceptors (Lipinski definition) is 4. The van der Waals surface area contributed by atoms with Crippen LogP contribution in [0.25, 0.3) is 0 Å². The van der Waals surface area contributed by atoms with Crippen molar-refractivity contribution in [2.75, 3.05) is 24.5 Å². The van der Waals surface area contributed by atoms with Gasteiger partial charge in [0, 0.05) is 38.7 Å². The fourth-order valence-electron chi connectivity index (χ4n) is 2.78. The summed E-state index contributed by atoms with van der Waals surface area (Å²) in [6.07, 6.45) is 2.41. The fourth-order valence-corrected chi connectivity index (χ4v) is 2.78. The summed E-state index contributed by atoms with van der Waals surface area (Å²) >= 11 is 0. The zero-order chi connectivity index (χ0) is 12.8. The molecule has 2 unspecified atom stereocenters. The van der Waals surface area contributed by atoms with E-state index < -0.39 is 5.92 Å². The number of hydrogen-bond donors (Lipinski definition) is 1. The molecule has 1 aromatic rings. The number of fused-ring (bicyclic) bond motifs is 2. The molecule has 2 bridgehead atoms. The minimum Gasteiger partial charge on any atom is -0.355 e. The predicted octanol–water partition coefficient (Wildman–Crippen LogP) is 1.39. The summed E-state index contributed by atoms with van der Waals surface area (Å²) in [5, 5.41) is 3.43. The summed E-state index contributed by atoms with van der Waals surface area (Å²) in [6.45, 7) is 3.60. The average Bonchev–Trinajstić information content (AvgIpc) is 2.67. The normalized spacial score (nSPS) is 27.6. The molecule has 3 heterocycles. The number of halogens is 2. The van der Waals surface area contributed by atoms with E-state index in [9.17, 15) is 8.78 Å². The van der Waals surface area contributed by atoms with E-state index >= 15 is 0 Å². The Kier molecular flexibility index (Phi) is 2.69. The molecule has 98 valence electrons. The number of nitrogens with zero attached hydrogens (tertiary/aromatic N) is 3. The zero-order valence-corrected chi connectivity index (χ0v) is 10.2. The smallest absolute Gasteiger partial charge is 0.287 e. The lowest BCUT2D eigenvalue weighted by Crippen LogP contribution is -2.41. The first-order chi connectivity index (χ1) is 8.52. The molecule has 2 saturated heterocycles. The number of nitrogens with one attached hydrogen (secondary N) is 1. The number of anilines is 1. The summed E-state index contributed by atoms with van der Waals surface area (Å²) in [5.41, 5.74) is -0.210.